The van der Waals surface area contributed by atoms with Gasteiger partial charge >= 0.3 is 0 Å². The van der Waals surface area contributed by atoms with Crippen molar-refractivity contribution < 1.29 is 0 Å². The van der Waals surface area contributed by atoms with Gasteiger partial charge < -0.3 is 9.47 Å². The zero-order chi connectivity index (χ0) is 37.7. The van der Waals surface area contributed by atoms with Crippen molar-refractivity contribution in [2.75, 3.05) is 4.90 Å². The van der Waals surface area contributed by atoms with Crippen LogP contribution in [0.5, 0.6) is 0 Å². The van der Waals surface area contributed by atoms with Crippen LogP contribution in [0.15, 0.2) is 218 Å². The highest BCUT2D eigenvalue weighted by Gasteiger charge is 2.21. The fraction of sp³-hybridized carbons (Fsp3) is 0.0182. The molecule has 9 aromatic carbocycles. The van der Waals surface area contributed by atoms with Gasteiger partial charge in [0.1, 0.15) is 0 Å². The van der Waals surface area contributed by atoms with Crippen molar-refractivity contribution in [2.24, 2.45) is 0 Å². The number of hydrogen-bond donors (Lipinski definition) is 0. The first-order valence-electron chi connectivity index (χ1n) is 19.7. The molecule has 0 saturated carbocycles. The van der Waals surface area contributed by atoms with E-state index in [2.05, 4.69) is 228 Å². The molecule has 2 nitrogen and oxygen atoms in total. The van der Waals surface area contributed by atoms with E-state index < -0.39 is 0 Å². The number of nitrogens with zero attached hydrogens (tertiary/aromatic N) is 2. The third kappa shape index (κ3) is 5.82. The molecule has 11 rings (SSSR count). The Balaban J connectivity index is 0.923. The summed E-state index contributed by atoms with van der Waals surface area (Å²) in [5, 5.41) is 2.51. The molecule has 0 radical (unpaired) electrons. The second kappa shape index (κ2) is 13.7. The predicted molar refractivity (Wildman–Crippen MR) is 240 cm³/mol. The largest absolute Gasteiger partial charge is 0.310 e. The third-order valence-corrected chi connectivity index (χ3v) is 11.6. The summed E-state index contributed by atoms with van der Waals surface area (Å²) in [4.78, 5) is 2.37. The van der Waals surface area contributed by atoms with Gasteiger partial charge in [-0.05, 0) is 135 Å². The van der Waals surface area contributed by atoms with Crippen LogP contribution in [0.1, 0.15) is 11.1 Å². The molecule has 1 aliphatic carbocycles. The first-order valence-corrected chi connectivity index (χ1v) is 19.7. The van der Waals surface area contributed by atoms with Gasteiger partial charge in [-0.15, -0.1) is 0 Å². The summed E-state index contributed by atoms with van der Waals surface area (Å²) >= 11 is 0. The molecule has 0 fully saturated rings. The van der Waals surface area contributed by atoms with Gasteiger partial charge in [-0.3, -0.25) is 0 Å². The first kappa shape index (κ1) is 33.0. The summed E-state index contributed by atoms with van der Waals surface area (Å²) in [5.74, 6) is 0. The zero-order valence-electron chi connectivity index (χ0n) is 31.4. The maximum Gasteiger partial charge on any atom is 0.0541 e. The second-order valence-electron chi connectivity index (χ2n) is 15.0. The van der Waals surface area contributed by atoms with Crippen LogP contribution in [0.25, 0.3) is 72.0 Å². The highest BCUT2D eigenvalue weighted by molar-refractivity contribution is 6.10. The minimum Gasteiger partial charge on any atom is -0.310 e. The van der Waals surface area contributed by atoms with Crippen molar-refractivity contribution in [3.63, 3.8) is 0 Å². The molecule has 1 aliphatic rings. The van der Waals surface area contributed by atoms with E-state index in [1.807, 2.05) is 0 Å². The number of fused-ring (bicyclic) bond motifs is 6. The molecule has 0 aliphatic heterocycles. The second-order valence-corrected chi connectivity index (χ2v) is 15.0. The number of aromatic nitrogens is 1. The maximum absolute atomic E-state index is 2.39. The molecular formula is C55H38N2. The number of rotatable bonds is 7. The molecular weight excluding hydrogens is 689 g/mol. The molecule has 0 bridgehead atoms. The molecule has 0 spiro atoms. The van der Waals surface area contributed by atoms with E-state index in [0.717, 1.165) is 23.5 Å². The van der Waals surface area contributed by atoms with Crippen molar-refractivity contribution in [3.05, 3.63) is 230 Å². The predicted octanol–water partition coefficient (Wildman–Crippen LogP) is 14.8. The number of hydrogen-bond acceptors (Lipinski definition) is 1. The van der Waals surface area contributed by atoms with Crippen LogP contribution >= 0.6 is 0 Å². The van der Waals surface area contributed by atoms with Crippen LogP contribution in [-0.2, 0) is 6.42 Å². The van der Waals surface area contributed by atoms with Gasteiger partial charge in [0, 0.05) is 33.5 Å². The standard InChI is InChI=1S/C55H38N2/c1-3-12-38(13-4-1)39-22-29-48(30-23-39)57-54-21-10-9-20-52(54)53-37-43(26-33-55(53)57)42-16-11-15-41(34-42)40-24-27-47(28-25-40)56(46-17-5-2-6-18-46)49-31-32-51-45(36-49)35-44-14-7-8-19-50(44)51/h1-34,36-37H,35H2. The van der Waals surface area contributed by atoms with Crippen LogP contribution in [0.3, 0.4) is 0 Å². The molecule has 2 heteroatoms. The smallest absolute Gasteiger partial charge is 0.0541 e. The lowest BCUT2D eigenvalue weighted by molar-refractivity contribution is 1.18. The first-order chi connectivity index (χ1) is 28.2. The summed E-state index contributed by atoms with van der Waals surface area (Å²) in [6.07, 6.45) is 0.967. The van der Waals surface area contributed by atoms with Crippen LogP contribution in [0, 0.1) is 0 Å². The Morgan fingerprint density at radius 1 is 0.316 bits per heavy atom. The molecule has 57 heavy (non-hydrogen) atoms. The van der Waals surface area contributed by atoms with Crippen molar-refractivity contribution in [1.29, 1.82) is 0 Å². The Labute approximate surface area is 333 Å². The van der Waals surface area contributed by atoms with Crippen molar-refractivity contribution in [1.82, 2.24) is 4.57 Å². The molecule has 0 atom stereocenters. The molecule has 0 saturated heterocycles. The van der Waals surface area contributed by atoms with Gasteiger partial charge in [0.25, 0.3) is 0 Å². The molecule has 1 aromatic heterocycles. The Morgan fingerprint density at radius 2 is 0.860 bits per heavy atom. The van der Waals surface area contributed by atoms with Crippen LogP contribution < -0.4 is 4.90 Å². The van der Waals surface area contributed by atoms with Crippen LogP contribution in [0.2, 0.25) is 0 Å². The molecule has 268 valence electrons. The summed E-state index contributed by atoms with van der Waals surface area (Å²) in [7, 11) is 0. The van der Waals surface area contributed by atoms with Crippen LogP contribution in [-0.4, -0.2) is 4.57 Å². The van der Waals surface area contributed by atoms with Gasteiger partial charge in [0.05, 0.1) is 11.0 Å². The molecule has 0 unspecified atom stereocenters. The Hall–Kier alpha value is -7.42. The molecule has 0 amide bonds. The summed E-state index contributed by atoms with van der Waals surface area (Å²) in [6.45, 7) is 0. The Morgan fingerprint density at radius 3 is 1.68 bits per heavy atom. The molecule has 0 N–H and O–H groups in total. The van der Waals surface area contributed by atoms with E-state index in [1.165, 1.54) is 83.1 Å². The summed E-state index contributed by atoms with van der Waals surface area (Å²) < 4.78 is 2.39. The SMILES string of the molecule is c1ccc(-c2ccc(-n3c4ccccc4c4cc(-c5cccc(-c6ccc(N(c7ccccc7)c7ccc8c(c7)Cc7ccccc7-8)cc6)c5)ccc43)cc2)cc1. The normalized spacial score (nSPS) is 11.8. The van der Waals surface area contributed by atoms with Gasteiger partial charge in [0.15, 0.2) is 0 Å². The van der Waals surface area contributed by atoms with E-state index >= 15 is 0 Å². The fourth-order valence-electron chi connectivity index (χ4n) is 8.84. The molecule has 1 heterocycles. The topological polar surface area (TPSA) is 8.17 Å². The minimum atomic E-state index is 0.967. The van der Waals surface area contributed by atoms with Crippen molar-refractivity contribution in [3.8, 4) is 50.2 Å². The number of para-hydroxylation sites is 2. The number of benzene rings is 9. The monoisotopic (exact) mass is 726 g/mol. The third-order valence-electron chi connectivity index (χ3n) is 11.6. The highest BCUT2D eigenvalue weighted by Crippen LogP contribution is 2.42. The van der Waals surface area contributed by atoms with Gasteiger partial charge in [-0.25, -0.2) is 0 Å². The minimum absolute atomic E-state index is 0.967. The summed E-state index contributed by atoms with van der Waals surface area (Å²) in [5.41, 5.74) is 19.7. The van der Waals surface area contributed by atoms with E-state index in [0.29, 0.717) is 0 Å². The number of anilines is 3. The van der Waals surface area contributed by atoms with Crippen LogP contribution in [0.4, 0.5) is 17.1 Å². The van der Waals surface area contributed by atoms with E-state index in [9.17, 15) is 0 Å². The van der Waals surface area contributed by atoms with Gasteiger partial charge in [-0.1, -0.05) is 146 Å². The van der Waals surface area contributed by atoms with Gasteiger partial charge in [0.2, 0.25) is 0 Å². The Kier molecular flexibility index (Phi) is 7.93. The zero-order valence-corrected chi connectivity index (χ0v) is 31.4. The lowest BCUT2D eigenvalue weighted by Crippen LogP contribution is -2.10. The van der Waals surface area contributed by atoms with E-state index in [-0.39, 0.29) is 0 Å². The van der Waals surface area contributed by atoms with E-state index in [4.69, 9.17) is 0 Å². The lowest BCUT2D eigenvalue weighted by atomic mass is 9.97. The summed E-state index contributed by atoms with van der Waals surface area (Å²) in [6, 6.07) is 79.5. The Bertz CT molecular complexity index is 3070. The van der Waals surface area contributed by atoms with Crippen molar-refractivity contribution >= 4 is 38.9 Å². The molecule has 10 aromatic rings. The quantitative estimate of drug-likeness (QED) is 0.159. The van der Waals surface area contributed by atoms with Crippen molar-refractivity contribution in [2.45, 2.75) is 6.42 Å². The average molecular weight is 727 g/mol. The maximum atomic E-state index is 2.39. The average Bonchev–Trinajstić information content (AvgIpc) is 3.83. The lowest BCUT2D eigenvalue weighted by Gasteiger charge is -2.26. The van der Waals surface area contributed by atoms with Gasteiger partial charge in [-0.2, -0.15) is 0 Å². The van der Waals surface area contributed by atoms with E-state index in [1.54, 1.807) is 0 Å². The fourth-order valence-corrected chi connectivity index (χ4v) is 8.84. The highest BCUT2D eigenvalue weighted by atomic mass is 15.1.